The predicted molar refractivity (Wildman–Crippen MR) is 73.5 cm³/mol. The fourth-order valence-electron chi connectivity index (χ4n) is 1.38. The molecular weight excluding hydrogens is 300 g/mol. The summed E-state index contributed by atoms with van der Waals surface area (Å²) in [6, 6.07) is 5.44. The number of hydrogen-bond donors (Lipinski definition) is 2. The summed E-state index contributed by atoms with van der Waals surface area (Å²) in [5, 5.41) is 9.58. The molecule has 2 N–H and O–H groups in total. The van der Waals surface area contributed by atoms with Crippen LogP contribution in [0.15, 0.2) is 41.3 Å². The van der Waals surface area contributed by atoms with E-state index in [1.807, 2.05) is 0 Å². The third-order valence-electron chi connectivity index (χ3n) is 2.28. The van der Waals surface area contributed by atoms with Crippen LogP contribution in [0.25, 0.3) is 0 Å². The van der Waals surface area contributed by atoms with E-state index in [0.29, 0.717) is 0 Å². The first-order chi connectivity index (χ1) is 9.84. The predicted octanol–water partition coefficient (Wildman–Crippen LogP) is 0.792. The average molecular weight is 316 g/mol. The lowest BCUT2D eigenvalue weighted by molar-refractivity contribution is -0.141. The van der Waals surface area contributed by atoms with Crippen LogP contribution in [0.5, 0.6) is 5.75 Å². The molecule has 21 heavy (non-hydrogen) atoms. The highest BCUT2D eigenvalue weighted by Crippen LogP contribution is 2.22. The molecule has 0 aliphatic heterocycles. The molecule has 0 fully saturated rings. The van der Waals surface area contributed by atoms with Crippen LogP contribution in [0.3, 0.4) is 0 Å². The first-order valence-electron chi connectivity index (χ1n) is 6.01. The zero-order valence-electron chi connectivity index (χ0n) is 11.3. The first-order valence-corrected chi connectivity index (χ1v) is 7.45. The van der Waals surface area contributed by atoms with E-state index in [2.05, 4.69) is 0 Å². The van der Waals surface area contributed by atoms with E-state index in [0.717, 1.165) is 0 Å². The number of ether oxygens (including phenoxy) is 2. The second kappa shape index (κ2) is 7.77. The van der Waals surface area contributed by atoms with Crippen molar-refractivity contribution in [1.29, 1.82) is 0 Å². The minimum atomic E-state index is -4.42. The summed E-state index contributed by atoms with van der Waals surface area (Å²) in [5.74, 6) is -0.700. The first kappa shape index (κ1) is 17.2. The van der Waals surface area contributed by atoms with E-state index in [1.165, 1.54) is 36.4 Å². The number of benzene rings is 1. The number of carbonyl (C=O) groups is 1. The zero-order chi connectivity index (χ0) is 15.9. The largest absolute Gasteiger partial charge is 0.489 e. The lowest BCUT2D eigenvalue weighted by Crippen LogP contribution is -2.25. The molecule has 1 rings (SSSR count). The number of hydrogen-bond acceptors (Lipinski definition) is 6. The van der Waals surface area contributed by atoms with E-state index in [-0.39, 0.29) is 19.0 Å². The maximum atomic E-state index is 11.1. The van der Waals surface area contributed by atoms with Crippen molar-refractivity contribution in [2.75, 3.05) is 13.2 Å². The molecule has 116 valence electrons. The van der Waals surface area contributed by atoms with Crippen molar-refractivity contribution >= 4 is 16.1 Å². The molecule has 0 radical (unpaired) electrons. The Labute approximate surface area is 122 Å². The highest BCUT2D eigenvalue weighted by atomic mass is 32.2. The number of aliphatic hydroxyl groups is 1. The number of allylic oxidation sites excluding steroid dienone is 1. The number of carbonyl (C=O) groups excluding carboxylic acids is 1. The zero-order valence-corrected chi connectivity index (χ0v) is 12.1. The van der Waals surface area contributed by atoms with Crippen molar-refractivity contribution in [3.8, 4) is 5.75 Å². The molecule has 0 aliphatic carbocycles. The molecule has 0 aliphatic rings. The highest BCUT2D eigenvalue weighted by Gasteiger charge is 2.17. The van der Waals surface area contributed by atoms with Crippen molar-refractivity contribution < 1.29 is 32.3 Å². The molecule has 0 bridgehead atoms. The topological polar surface area (TPSA) is 110 Å². The smallest absolute Gasteiger partial charge is 0.330 e. The molecule has 0 spiro atoms. The summed E-state index contributed by atoms with van der Waals surface area (Å²) in [6.07, 6.45) is 1.56. The summed E-state index contributed by atoms with van der Waals surface area (Å²) >= 11 is 0. The minimum absolute atomic E-state index is 0.0983. The van der Waals surface area contributed by atoms with Crippen molar-refractivity contribution in [2.24, 2.45) is 0 Å². The number of rotatable bonds is 7. The van der Waals surface area contributed by atoms with Crippen LogP contribution in [0.1, 0.15) is 6.92 Å². The van der Waals surface area contributed by atoms with Gasteiger partial charge in [-0.3, -0.25) is 4.55 Å². The molecule has 0 saturated heterocycles. The molecule has 0 saturated carbocycles. The standard InChI is InChI=1S/C13H16O7S/c1-2-5-13(15)20-9-10(14)8-19-11-6-3-4-7-12(11)21(16,17)18/h2-7,10,14H,8-9H2,1H3,(H,16,17,18). The summed E-state index contributed by atoms with van der Waals surface area (Å²) < 4.78 is 41.1. The van der Waals surface area contributed by atoms with E-state index in [9.17, 15) is 18.3 Å². The second-order valence-electron chi connectivity index (χ2n) is 4.02. The Morgan fingerprint density at radius 2 is 2.00 bits per heavy atom. The third-order valence-corrected chi connectivity index (χ3v) is 3.17. The molecule has 0 amide bonds. The number of para-hydroxylation sites is 1. The Morgan fingerprint density at radius 3 is 2.62 bits per heavy atom. The quantitative estimate of drug-likeness (QED) is 0.435. The van der Waals surface area contributed by atoms with Crippen molar-refractivity contribution in [3.63, 3.8) is 0 Å². The van der Waals surface area contributed by atoms with Crippen molar-refractivity contribution in [1.82, 2.24) is 0 Å². The van der Waals surface area contributed by atoms with E-state index >= 15 is 0 Å². The number of esters is 1. The van der Waals surface area contributed by atoms with E-state index in [4.69, 9.17) is 14.0 Å². The van der Waals surface area contributed by atoms with Gasteiger partial charge in [0.15, 0.2) is 0 Å². The van der Waals surface area contributed by atoms with Crippen LogP contribution in [0.2, 0.25) is 0 Å². The summed E-state index contributed by atoms with van der Waals surface area (Å²) in [7, 11) is -4.42. The SMILES string of the molecule is CC=CC(=O)OCC(O)COc1ccccc1S(=O)(=O)O. The molecule has 7 nitrogen and oxygen atoms in total. The third kappa shape index (κ3) is 5.94. The van der Waals surface area contributed by atoms with Gasteiger partial charge in [0.05, 0.1) is 0 Å². The van der Waals surface area contributed by atoms with Crippen molar-refractivity contribution in [3.05, 3.63) is 36.4 Å². The monoisotopic (exact) mass is 316 g/mol. The molecule has 0 heterocycles. The Morgan fingerprint density at radius 1 is 1.33 bits per heavy atom. The van der Waals surface area contributed by atoms with Gasteiger partial charge in [-0.15, -0.1) is 0 Å². The Bertz CT molecular complexity index is 607. The van der Waals surface area contributed by atoms with Crippen molar-refractivity contribution in [2.45, 2.75) is 17.9 Å². The average Bonchev–Trinajstić information content (AvgIpc) is 2.42. The van der Waals surface area contributed by atoms with Gasteiger partial charge in [0, 0.05) is 6.08 Å². The van der Waals surface area contributed by atoms with Gasteiger partial charge in [0.1, 0.15) is 30.0 Å². The Balaban J connectivity index is 2.58. The van der Waals surface area contributed by atoms with Gasteiger partial charge in [0.2, 0.25) is 0 Å². The molecule has 8 heteroatoms. The van der Waals surface area contributed by atoms with Gasteiger partial charge >= 0.3 is 5.97 Å². The minimum Gasteiger partial charge on any atom is -0.489 e. The van der Waals surface area contributed by atoms with Gasteiger partial charge in [-0.25, -0.2) is 4.79 Å². The number of aliphatic hydroxyl groups excluding tert-OH is 1. The second-order valence-corrected chi connectivity index (χ2v) is 5.41. The van der Waals surface area contributed by atoms with Crippen LogP contribution in [-0.2, 0) is 19.6 Å². The Hall–Kier alpha value is -1.90. The van der Waals surface area contributed by atoms with Gasteiger partial charge in [-0.2, -0.15) is 8.42 Å². The van der Waals surface area contributed by atoms with Crippen LogP contribution in [-0.4, -0.2) is 43.4 Å². The lowest BCUT2D eigenvalue weighted by atomic mass is 10.3. The lowest BCUT2D eigenvalue weighted by Gasteiger charge is -2.13. The maximum Gasteiger partial charge on any atom is 0.330 e. The van der Waals surface area contributed by atoms with E-state index in [1.54, 1.807) is 6.92 Å². The van der Waals surface area contributed by atoms with Crippen LogP contribution in [0, 0.1) is 0 Å². The molecule has 1 aromatic carbocycles. The van der Waals surface area contributed by atoms with Crippen LogP contribution >= 0.6 is 0 Å². The molecule has 0 aromatic heterocycles. The fraction of sp³-hybridized carbons (Fsp3) is 0.308. The summed E-state index contributed by atoms with van der Waals surface area (Å²) in [6.45, 7) is 1.06. The van der Waals surface area contributed by atoms with E-state index < -0.39 is 27.1 Å². The maximum absolute atomic E-state index is 11.1. The van der Waals surface area contributed by atoms with Crippen LogP contribution < -0.4 is 4.74 Å². The molecule has 1 atom stereocenters. The summed E-state index contributed by atoms with van der Waals surface area (Å²) in [5.41, 5.74) is 0. The van der Waals surface area contributed by atoms with Gasteiger partial charge in [-0.1, -0.05) is 18.2 Å². The van der Waals surface area contributed by atoms with Gasteiger partial charge in [0.25, 0.3) is 10.1 Å². The highest BCUT2D eigenvalue weighted by molar-refractivity contribution is 7.86. The molecule has 1 unspecified atom stereocenters. The van der Waals surface area contributed by atoms with Gasteiger partial charge < -0.3 is 14.6 Å². The molecule has 1 aromatic rings. The Kier molecular flexibility index (Phi) is 6.35. The normalized spacial score (nSPS) is 13.1. The van der Waals surface area contributed by atoms with Crippen LogP contribution in [0.4, 0.5) is 0 Å². The fourth-order valence-corrected chi connectivity index (χ4v) is 2.01. The summed E-state index contributed by atoms with van der Waals surface area (Å²) in [4.78, 5) is 10.6. The molecular formula is C13H16O7S. The van der Waals surface area contributed by atoms with Gasteiger partial charge in [-0.05, 0) is 19.1 Å².